The van der Waals surface area contributed by atoms with Gasteiger partial charge in [-0.25, -0.2) is 4.39 Å². The van der Waals surface area contributed by atoms with Gasteiger partial charge in [0, 0.05) is 0 Å². The average molecular weight is 338 g/mol. The molecule has 23 heavy (non-hydrogen) atoms. The van der Waals surface area contributed by atoms with Gasteiger partial charge in [-0.2, -0.15) is 13.2 Å². The fraction of sp³-hybridized carbons (Fsp3) is 0.533. The molecule has 0 aromatic carbocycles. The van der Waals surface area contributed by atoms with Gasteiger partial charge in [0.05, 0.1) is 24.5 Å². The molecule has 1 amide bonds. The molecule has 3 N–H and O–H groups in total. The van der Waals surface area contributed by atoms with Crippen LogP contribution >= 0.6 is 0 Å². The highest BCUT2D eigenvalue weighted by Crippen LogP contribution is 2.27. The molecule has 132 valence electrons. The second-order valence-electron chi connectivity index (χ2n) is 4.91. The third-order valence-electron chi connectivity index (χ3n) is 3.13. The monoisotopic (exact) mass is 338 g/mol. The Kier molecular flexibility index (Phi) is 9.24. The second-order valence-corrected chi connectivity index (χ2v) is 4.91. The van der Waals surface area contributed by atoms with Crippen molar-refractivity contribution in [2.45, 2.75) is 32.5 Å². The molecule has 0 aromatic heterocycles. The maximum atomic E-state index is 12.5. The summed E-state index contributed by atoms with van der Waals surface area (Å²) in [5.41, 5.74) is 4.48. The minimum absolute atomic E-state index is 0.00986. The van der Waals surface area contributed by atoms with Crippen LogP contribution in [0.2, 0.25) is 0 Å². The Morgan fingerprint density at radius 3 is 2.52 bits per heavy atom. The molecular formula is C15H22F4N2O2. The summed E-state index contributed by atoms with van der Waals surface area (Å²) in [4.78, 5) is 11.7. The Bertz CT molecular complexity index is 459. The summed E-state index contributed by atoms with van der Waals surface area (Å²) >= 11 is 0. The van der Waals surface area contributed by atoms with Crippen LogP contribution < -0.4 is 11.1 Å². The normalized spacial score (nSPS) is 15.3. The minimum atomic E-state index is -4.72. The van der Waals surface area contributed by atoms with E-state index in [2.05, 4.69) is 11.9 Å². The van der Waals surface area contributed by atoms with E-state index in [1.54, 1.807) is 0 Å². The Hall–Kier alpha value is -1.83. The maximum Gasteiger partial charge on any atom is 0.416 e. The van der Waals surface area contributed by atoms with Crippen molar-refractivity contribution in [2.75, 3.05) is 13.2 Å². The van der Waals surface area contributed by atoms with E-state index in [-0.39, 0.29) is 43.1 Å². The second kappa shape index (κ2) is 10.0. The molecule has 0 rings (SSSR count). The highest BCUT2D eigenvalue weighted by Gasteiger charge is 2.32. The fourth-order valence-electron chi connectivity index (χ4n) is 1.49. The van der Waals surface area contributed by atoms with Gasteiger partial charge in [-0.15, -0.1) is 0 Å². The summed E-state index contributed by atoms with van der Waals surface area (Å²) in [6.07, 6.45) is -3.35. The van der Waals surface area contributed by atoms with Crippen molar-refractivity contribution in [1.29, 1.82) is 0 Å². The standard InChI is InChI=1S/C15H22F4N2O2/c1-4-10(2)13(20)14(22)21-7-8-23-11(3)9-12(5-6-16)15(17,18)19/h5-6,9-10,13H,3-4,7-8,20H2,1-2H3,(H,21,22)/b6-5+,12-9+/t10-,13-/m1/s1. The summed E-state index contributed by atoms with van der Waals surface area (Å²) in [5, 5.41) is 2.51. The van der Waals surface area contributed by atoms with E-state index in [0.717, 1.165) is 6.42 Å². The van der Waals surface area contributed by atoms with Crippen LogP contribution in [-0.4, -0.2) is 31.3 Å². The number of carbonyl (C=O) groups excluding carboxylic acids is 1. The van der Waals surface area contributed by atoms with Crippen molar-refractivity contribution in [2.24, 2.45) is 11.7 Å². The number of nitrogens with two attached hydrogens (primary N) is 1. The molecule has 0 aliphatic heterocycles. The Labute approximate surface area is 133 Å². The van der Waals surface area contributed by atoms with Crippen molar-refractivity contribution < 1.29 is 27.1 Å². The number of ether oxygens (including phenoxy) is 1. The van der Waals surface area contributed by atoms with Crippen LogP contribution in [0.25, 0.3) is 0 Å². The molecule has 8 heteroatoms. The van der Waals surface area contributed by atoms with Gasteiger partial charge >= 0.3 is 6.18 Å². The quantitative estimate of drug-likeness (QED) is 0.294. The topological polar surface area (TPSA) is 64.3 Å². The molecule has 0 aliphatic carbocycles. The lowest BCUT2D eigenvalue weighted by Crippen LogP contribution is -2.45. The van der Waals surface area contributed by atoms with E-state index in [4.69, 9.17) is 10.5 Å². The van der Waals surface area contributed by atoms with Crippen LogP contribution in [0.4, 0.5) is 17.6 Å². The molecule has 0 aromatic rings. The van der Waals surface area contributed by atoms with E-state index in [0.29, 0.717) is 6.08 Å². The molecular weight excluding hydrogens is 316 g/mol. The van der Waals surface area contributed by atoms with Gasteiger partial charge in [-0.1, -0.05) is 26.8 Å². The third kappa shape index (κ3) is 8.39. The summed E-state index contributed by atoms with van der Waals surface area (Å²) in [6, 6.07) is -0.658. The zero-order valence-corrected chi connectivity index (χ0v) is 13.1. The van der Waals surface area contributed by atoms with E-state index < -0.39 is 17.8 Å². The van der Waals surface area contributed by atoms with Crippen LogP contribution in [0.5, 0.6) is 0 Å². The first-order chi connectivity index (χ1) is 10.6. The lowest BCUT2D eigenvalue weighted by molar-refractivity contribution is -0.123. The van der Waals surface area contributed by atoms with E-state index >= 15 is 0 Å². The van der Waals surface area contributed by atoms with Gasteiger partial charge in [0.25, 0.3) is 0 Å². The van der Waals surface area contributed by atoms with Gasteiger partial charge in [0.2, 0.25) is 5.91 Å². The number of rotatable bonds is 9. The predicted octanol–water partition coefficient (Wildman–Crippen LogP) is 2.98. The summed E-state index contributed by atoms with van der Waals surface area (Å²) in [6.45, 7) is 7.01. The first-order valence-corrected chi connectivity index (χ1v) is 7.04. The Morgan fingerprint density at radius 1 is 1.43 bits per heavy atom. The summed E-state index contributed by atoms with van der Waals surface area (Å²) in [7, 11) is 0. The predicted molar refractivity (Wildman–Crippen MR) is 79.9 cm³/mol. The zero-order valence-electron chi connectivity index (χ0n) is 13.1. The minimum Gasteiger partial charge on any atom is -0.492 e. The largest absolute Gasteiger partial charge is 0.492 e. The number of carbonyl (C=O) groups is 1. The number of alkyl halides is 3. The number of amides is 1. The van der Waals surface area contributed by atoms with E-state index in [9.17, 15) is 22.4 Å². The van der Waals surface area contributed by atoms with Crippen LogP contribution in [0.3, 0.4) is 0 Å². The van der Waals surface area contributed by atoms with Gasteiger partial charge in [-0.05, 0) is 18.1 Å². The molecule has 0 spiro atoms. The van der Waals surface area contributed by atoms with E-state index in [1.165, 1.54) is 0 Å². The number of allylic oxidation sites excluding steroid dienone is 3. The number of hydrogen-bond acceptors (Lipinski definition) is 3. The zero-order chi connectivity index (χ0) is 18.0. The number of hydrogen-bond donors (Lipinski definition) is 2. The Morgan fingerprint density at radius 2 is 2.04 bits per heavy atom. The van der Waals surface area contributed by atoms with Gasteiger partial charge in [0.15, 0.2) is 0 Å². The third-order valence-corrected chi connectivity index (χ3v) is 3.13. The summed E-state index contributed by atoms with van der Waals surface area (Å²) < 4.78 is 54.4. The highest BCUT2D eigenvalue weighted by atomic mass is 19.4. The number of nitrogens with one attached hydrogen (secondary N) is 1. The van der Waals surface area contributed by atoms with Crippen LogP contribution in [0, 0.1) is 5.92 Å². The lowest BCUT2D eigenvalue weighted by Gasteiger charge is -2.17. The first-order valence-electron chi connectivity index (χ1n) is 7.04. The fourth-order valence-corrected chi connectivity index (χ4v) is 1.49. The molecule has 0 saturated heterocycles. The van der Waals surface area contributed by atoms with Crippen LogP contribution in [0.1, 0.15) is 20.3 Å². The van der Waals surface area contributed by atoms with Crippen molar-refractivity contribution in [3.8, 4) is 0 Å². The van der Waals surface area contributed by atoms with Gasteiger partial charge in [0.1, 0.15) is 12.4 Å². The molecule has 0 fully saturated rings. The van der Waals surface area contributed by atoms with Crippen molar-refractivity contribution in [1.82, 2.24) is 5.32 Å². The first kappa shape index (κ1) is 21.2. The van der Waals surface area contributed by atoms with Gasteiger partial charge < -0.3 is 15.8 Å². The lowest BCUT2D eigenvalue weighted by atomic mass is 9.99. The molecule has 0 radical (unpaired) electrons. The molecule has 4 nitrogen and oxygen atoms in total. The van der Waals surface area contributed by atoms with E-state index in [1.807, 2.05) is 13.8 Å². The van der Waals surface area contributed by atoms with Crippen LogP contribution in [-0.2, 0) is 9.53 Å². The van der Waals surface area contributed by atoms with Gasteiger partial charge in [-0.3, -0.25) is 4.79 Å². The molecule has 0 unspecified atom stereocenters. The number of halogens is 4. The maximum absolute atomic E-state index is 12.5. The molecule has 0 bridgehead atoms. The van der Waals surface area contributed by atoms with Crippen LogP contribution in [0.15, 0.2) is 36.4 Å². The molecule has 0 saturated carbocycles. The van der Waals surface area contributed by atoms with Crippen molar-refractivity contribution >= 4 is 5.91 Å². The Balaban J connectivity index is 4.33. The highest BCUT2D eigenvalue weighted by molar-refractivity contribution is 5.81. The molecule has 0 aliphatic rings. The SMILES string of the molecule is C=C(/C=C(\C=C\F)C(F)(F)F)OCCNC(=O)[C@H](N)[C@H](C)CC. The molecule has 0 heterocycles. The molecule has 2 atom stereocenters. The van der Waals surface area contributed by atoms with Crippen molar-refractivity contribution in [3.63, 3.8) is 0 Å². The van der Waals surface area contributed by atoms with Crippen molar-refractivity contribution in [3.05, 3.63) is 36.4 Å². The average Bonchev–Trinajstić information content (AvgIpc) is 2.48. The summed E-state index contributed by atoms with van der Waals surface area (Å²) in [5.74, 6) is -0.646. The smallest absolute Gasteiger partial charge is 0.416 e.